The largest absolute Gasteiger partial charge is 0.493 e. The zero-order valence-corrected chi connectivity index (χ0v) is 17.4. The molecule has 0 saturated carbocycles. The molecule has 2 aromatic carbocycles. The van der Waals surface area contributed by atoms with Gasteiger partial charge in [0.05, 0.1) is 29.8 Å². The Morgan fingerprint density at radius 2 is 1.90 bits per heavy atom. The fraction of sp³-hybridized carbons (Fsp3) is 0.211. The zero-order valence-electron chi connectivity index (χ0n) is 15.8. The van der Waals surface area contributed by atoms with Crippen molar-refractivity contribution in [3.63, 3.8) is 0 Å². The standard InChI is InChI=1S/C19H20ClFN2O5S/c1-4-9-22-19(24)12-23(13-5-7-16(21)15(20)10-13)29(25,26)14-6-8-17(27-2)18(11-14)28-3/h4-8,10-11H,1,9,12H2,2-3H3,(H,22,24). The van der Waals surface area contributed by atoms with Crippen LogP contribution in [0.2, 0.25) is 5.02 Å². The van der Waals surface area contributed by atoms with Gasteiger partial charge in [-0.3, -0.25) is 9.10 Å². The molecule has 2 rings (SSSR count). The predicted molar refractivity (Wildman–Crippen MR) is 109 cm³/mol. The molecule has 0 bridgehead atoms. The van der Waals surface area contributed by atoms with Crippen molar-refractivity contribution < 1.29 is 27.1 Å². The number of nitrogens with zero attached hydrogens (tertiary/aromatic N) is 1. The van der Waals surface area contributed by atoms with Gasteiger partial charge in [-0.15, -0.1) is 6.58 Å². The van der Waals surface area contributed by atoms with Crippen LogP contribution in [0.15, 0.2) is 53.9 Å². The van der Waals surface area contributed by atoms with E-state index in [0.717, 1.165) is 16.4 Å². The number of amides is 1. The molecule has 29 heavy (non-hydrogen) atoms. The lowest BCUT2D eigenvalue weighted by molar-refractivity contribution is -0.119. The van der Waals surface area contributed by atoms with E-state index in [1.54, 1.807) is 0 Å². The second-order valence-corrected chi connectivity index (χ2v) is 7.99. The molecule has 156 valence electrons. The zero-order chi connectivity index (χ0) is 21.6. The number of carbonyl (C=O) groups excluding carboxylic acids is 1. The molecule has 0 aliphatic rings. The molecule has 10 heteroatoms. The molecule has 0 spiro atoms. The number of benzene rings is 2. The molecule has 0 aliphatic carbocycles. The van der Waals surface area contributed by atoms with E-state index in [1.807, 2.05) is 0 Å². The first-order valence-corrected chi connectivity index (χ1v) is 10.1. The monoisotopic (exact) mass is 442 g/mol. The first-order valence-electron chi connectivity index (χ1n) is 8.32. The van der Waals surface area contributed by atoms with E-state index in [4.69, 9.17) is 21.1 Å². The highest BCUT2D eigenvalue weighted by molar-refractivity contribution is 7.92. The number of ether oxygens (including phenoxy) is 2. The maximum Gasteiger partial charge on any atom is 0.264 e. The third kappa shape index (κ3) is 5.18. The second-order valence-electron chi connectivity index (χ2n) is 5.72. The van der Waals surface area contributed by atoms with Crippen molar-refractivity contribution in [2.75, 3.05) is 31.6 Å². The van der Waals surface area contributed by atoms with Crippen LogP contribution in [-0.2, 0) is 14.8 Å². The first-order chi connectivity index (χ1) is 13.7. The van der Waals surface area contributed by atoms with Crippen LogP contribution in [0.3, 0.4) is 0 Å². The molecule has 0 aromatic heterocycles. The minimum atomic E-state index is -4.23. The summed E-state index contributed by atoms with van der Waals surface area (Å²) >= 11 is 5.81. The summed E-state index contributed by atoms with van der Waals surface area (Å²) < 4.78 is 51.3. The van der Waals surface area contributed by atoms with Gasteiger partial charge < -0.3 is 14.8 Å². The molecule has 1 amide bonds. The Kier molecular flexibility index (Phi) is 7.46. The summed E-state index contributed by atoms with van der Waals surface area (Å²) in [5, 5.41) is 2.23. The van der Waals surface area contributed by atoms with E-state index >= 15 is 0 Å². The summed E-state index contributed by atoms with van der Waals surface area (Å²) in [6, 6.07) is 7.40. The SMILES string of the molecule is C=CCNC(=O)CN(c1ccc(F)c(Cl)c1)S(=O)(=O)c1ccc(OC)c(OC)c1. The Bertz CT molecular complexity index is 1010. The number of sulfonamides is 1. The number of methoxy groups -OCH3 is 2. The molecule has 0 aliphatic heterocycles. The maximum absolute atomic E-state index is 13.6. The average Bonchev–Trinajstić information content (AvgIpc) is 2.71. The van der Waals surface area contributed by atoms with Crippen molar-refractivity contribution >= 4 is 33.2 Å². The molecule has 0 saturated heterocycles. The van der Waals surface area contributed by atoms with Gasteiger partial charge in [0, 0.05) is 12.6 Å². The predicted octanol–water partition coefficient (Wildman–Crippen LogP) is 2.99. The normalized spacial score (nSPS) is 10.9. The highest BCUT2D eigenvalue weighted by Crippen LogP contribution is 2.33. The van der Waals surface area contributed by atoms with Gasteiger partial charge >= 0.3 is 0 Å². The topological polar surface area (TPSA) is 84.9 Å². The molecular formula is C19H20ClFN2O5S. The highest BCUT2D eigenvalue weighted by atomic mass is 35.5. The molecule has 0 radical (unpaired) electrons. The maximum atomic E-state index is 13.6. The molecule has 1 N–H and O–H groups in total. The molecule has 7 nitrogen and oxygen atoms in total. The molecule has 0 fully saturated rings. The van der Waals surface area contributed by atoms with Gasteiger partial charge in [0.25, 0.3) is 10.0 Å². The molecule has 2 aromatic rings. The van der Waals surface area contributed by atoms with Crippen molar-refractivity contribution in [3.8, 4) is 11.5 Å². The highest BCUT2D eigenvalue weighted by Gasteiger charge is 2.28. The van der Waals surface area contributed by atoms with Crippen LogP contribution in [0, 0.1) is 5.82 Å². The van der Waals surface area contributed by atoms with Crippen LogP contribution in [-0.4, -0.2) is 41.6 Å². The molecule has 0 unspecified atom stereocenters. The van der Waals surface area contributed by atoms with Gasteiger partial charge in [0.2, 0.25) is 5.91 Å². The van der Waals surface area contributed by atoms with Crippen LogP contribution in [0.25, 0.3) is 0 Å². The van der Waals surface area contributed by atoms with Crippen molar-refractivity contribution in [2.24, 2.45) is 0 Å². The van der Waals surface area contributed by atoms with Gasteiger partial charge in [0.15, 0.2) is 11.5 Å². The number of anilines is 1. The van der Waals surface area contributed by atoms with Gasteiger partial charge in [-0.2, -0.15) is 0 Å². The van der Waals surface area contributed by atoms with E-state index in [-0.39, 0.29) is 27.9 Å². The quantitative estimate of drug-likeness (QED) is 0.603. The van der Waals surface area contributed by atoms with Crippen molar-refractivity contribution in [2.45, 2.75) is 4.90 Å². The fourth-order valence-corrected chi connectivity index (χ4v) is 4.04. The van der Waals surface area contributed by atoms with E-state index in [1.165, 1.54) is 44.6 Å². The summed E-state index contributed by atoms with van der Waals surface area (Å²) in [6.45, 7) is 3.10. The molecular weight excluding hydrogens is 423 g/mol. The van der Waals surface area contributed by atoms with Crippen LogP contribution in [0.1, 0.15) is 0 Å². The van der Waals surface area contributed by atoms with Crippen LogP contribution < -0.4 is 19.1 Å². The number of rotatable bonds is 9. The lowest BCUT2D eigenvalue weighted by atomic mass is 10.3. The van der Waals surface area contributed by atoms with Crippen molar-refractivity contribution in [1.29, 1.82) is 0 Å². The summed E-state index contributed by atoms with van der Waals surface area (Å²) in [5.74, 6) is -0.752. The third-order valence-corrected chi connectivity index (χ3v) is 5.92. The van der Waals surface area contributed by atoms with Gasteiger partial charge in [0.1, 0.15) is 12.4 Å². The van der Waals surface area contributed by atoms with E-state index < -0.39 is 28.3 Å². The van der Waals surface area contributed by atoms with Crippen LogP contribution in [0.5, 0.6) is 11.5 Å². The molecule has 0 atom stereocenters. The lowest BCUT2D eigenvalue weighted by Gasteiger charge is -2.24. The number of nitrogens with one attached hydrogen (secondary N) is 1. The molecule has 0 heterocycles. The summed E-state index contributed by atoms with van der Waals surface area (Å²) in [5.41, 5.74) is 0.0277. The van der Waals surface area contributed by atoms with E-state index in [2.05, 4.69) is 11.9 Å². The Balaban J connectivity index is 2.54. The minimum absolute atomic E-state index is 0.0277. The van der Waals surface area contributed by atoms with Gasteiger partial charge in [-0.05, 0) is 30.3 Å². The smallest absolute Gasteiger partial charge is 0.264 e. The Labute approximate surface area is 173 Å². The average molecular weight is 443 g/mol. The Hall–Kier alpha value is -2.78. The lowest BCUT2D eigenvalue weighted by Crippen LogP contribution is -2.41. The van der Waals surface area contributed by atoms with Gasteiger partial charge in [-0.25, -0.2) is 12.8 Å². The number of hydrogen-bond acceptors (Lipinski definition) is 5. The van der Waals surface area contributed by atoms with E-state index in [9.17, 15) is 17.6 Å². The van der Waals surface area contributed by atoms with E-state index in [0.29, 0.717) is 5.75 Å². The summed E-state index contributed by atoms with van der Waals surface area (Å²) in [7, 11) is -1.44. The summed E-state index contributed by atoms with van der Waals surface area (Å²) in [4.78, 5) is 12.1. The van der Waals surface area contributed by atoms with Crippen LogP contribution >= 0.6 is 11.6 Å². The number of hydrogen-bond donors (Lipinski definition) is 1. The van der Waals surface area contributed by atoms with Gasteiger partial charge in [-0.1, -0.05) is 17.7 Å². The van der Waals surface area contributed by atoms with Crippen LogP contribution in [0.4, 0.5) is 10.1 Å². The van der Waals surface area contributed by atoms with Crippen molar-refractivity contribution in [3.05, 3.63) is 59.9 Å². The Morgan fingerprint density at radius 3 is 2.48 bits per heavy atom. The van der Waals surface area contributed by atoms with Crippen molar-refractivity contribution in [1.82, 2.24) is 5.32 Å². The fourth-order valence-electron chi connectivity index (χ4n) is 2.43. The second kappa shape index (κ2) is 9.62. The first kappa shape index (κ1) is 22.5. The Morgan fingerprint density at radius 1 is 1.21 bits per heavy atom. The number of carbonyl (C=O) groups is 1. The third-order valence-electron chi connectivity index (χ3n) is 3.86. The number of halogens is 2. The minimum Gasteiger partial charge on any atom is -0.493 e. The summed E-state index contributed by atoms with van der Waals surface area (Å²) in [6.07, 6.45) is 1.46.